The SMILES string of the molecule is CCn1c2ccccc2c2cc(NC(=O)CNC3CCCc4ccccc43)ccc21. The maximum Gasteiger partial charge on any atom is 0.238 e. The maximum atomic E-state index is 12.6. The summed E-state index contributed by atoms with van der Waals surface area (Å²) in [4.78, 5) is 12.6. The van der Waals surface area contributed by atoms with E-state index in [-0.39, 0.29) is 11.9 Å². The first-order valence-electron chi connectivity index (χ1n) is 10.9. The first-order chi connectivity index (χ1) is 14.7. The van der Waals surface area contributed by atoms with Crippen molar-refractivity contribution in [2.45, 2.75) is 38.8 Å². The van der Waals surface area contributed by atoms with Gasteiger partial charge >= 0.3 is 0 Å². The van der Waals surface area contributed by atoms with Crippen LogP contribution in [0.4, 0.5) is 5.69 Å². The molecule has 1 aliphatic carbocycles. The molecule has 2 N–H and O–H groups in total. The summed E-state index contributed by atoms with van der Waals surface area (Å²) >= 11 is 0. The Labute approximate surface area is 176 Å². The van der Waals surface area contributed by atoms with Gasteiger partial charge < -0.3 is 15.2 Å². The van der Waals surface area contributed by atoms with Crippen LogP contribution in [0.5, 0.6) is 0 Å². The van der Waals surface area contributed by atoms with E-state index in [0.717, 1.165) is 31.5 Å². The standard InChI is InChI=1S/C26H27N3O/c1-2-29-24-13-6-5-11-21(24)22-16-19(14-15-25(22)29)28-26(30)17-27-23-12-7-9-18-8-3-4-10-20(18)23/h3-6,8,10-11,13-16,23,27H,2,7,9,12,17H2,1H3,(H,28,30). The molecule has 0 saturated heterocycles. The quantitative estimate of drug-likeness (QED) is 0.472. The summed E-state index contributed by atoms with van der Waals surface area (Å²) in [5.41, 5.74) is 6.02. The third-order valence-corrected chi connectivity index (χ3v) is 6.25. The number of anilines is 1. The van der Waals surface area contributed by atoms with Crippen LogP contribution >= 0.6 is 0 Å². The number of amides is 1. The number of aromatic nitrogens is 1. The van der Waals surface area contributed by atoms with E-state index in [2.05, 4.69) is 82.8 Å². The Balaban J connectivity index is 1.32. The van der Waals surface area contributed by atoms with Gasteiger partial charge in [-0.2, -0.15) is 0 Å². The number of para-hydroxylation sites is 1. The number of benzene rings is 3. The number of nitrogens with zero attached hydrogens (tertiary/aromatic N) is 1. The number of carbonyl (C=O) groups excluding carboxylic acids is 1. The summed E-state index contributed by atoms with van der Waals surface area (Å²) in [6.45, 7) is 3.40. The number of fused-ring (bicyclic) bond motifs is 4. The lowest BCUT2D eigenvalue weighted by molar-refractivity contribution is -0.115. The Hall–Kier alpha value is -3.11. The molecule has 0 saturated carbocycles. The fourth-order valence-corrected chi connectivity index (χ4v) is 4.86. The van der Waals surface area contributed by atoms with Crippen molar-refractivity contribution in [2.24, 2.45) is 0 Å². The third-order valence-electron chi connectivity index (χ3n) is 6.25. The summed E-state index contributed by atoms with van der Waals surface area (Å²) < 4.78 is 2.32. The molecule has 152 valence electrons. The number of nitrogens with one attached hydrogen (secondary N) is 2. The van der Waals surface area contributed by atoms with Gasteiger partial charge in [-0.05, 0) is 61.6 Å². The zero-order chi connectivity index (χ0) is 20.5. The van der Waals surface area contributed by atoms with E-state index in [1.54, 1.807) is 0 Å². The van der Waals surface area contributed by atoms with Crippen LogP contribution in [0, 0.1) is 0 Å². The fourth-order valence-electron chi connectivity index (χ4n) is 4.86. The fraction of sp³-hybridized carbons (Fsp3) is 0.269. The lowest BCUT2D eigenvalue weighted by Crippen LogP contribution is -2.33. The smallest absolute Gasteiger partial charge is 0.238 e. The minimum atomic E-state index is -0.00312. The maximum absolute atomic E-state index is 12.6. The Morgan fingerprint density at radius 2 is 1.80 bits per heavy atom. The van der Waals surface area contributed by atoms with Gasteiger partial charge in [0, 0.05) is 40.1 Å². The molecule has 1 aromatic heterocycles. The van der Waals surface area contributed by atoms with E-state index >= 15 is 0 Å². The van der Waals surface area contributed by atoms with Crippen LogP contribution in [-0.4, -0.2) is 17.0 Å². The van der Waals surface area contributed by atoms with Crippen LogP contribution in [0.1, 0.15) is 36.9 Å². The Bertz CT molecular complexity index is 1220. The molecule has 1 atom stereocenters. The second-order valence-electron chi connectivity index (χ2n) is 8.07. The van der Waals surface area contributed by atoms with Crippen molar-refractivity contribution in [1.29, 1.82) is 0 Å². The van der Waals surface area contributed by atoms with Crippen LogP contribution in [0.2, 0.25) is 0 Å². The van der Waals surface area contributed by atoms with Crippen LogP contribution in [0.25, 0.3) is 21.8 Å². The summed E-state index contributed by atoms with van der Waals surface area (Å²) in [7, 11) is 0. The molecule has 30 heavy (non-hydrogen) atoms. The van der Waals surface area contributed by atoms with Gasteiger partial charge in [-0.1, -0.05) is 42.5 Å². The Kier molecular flexibility index (Phi) is 5.01. The molecule has 1 aliphatic rings. The lowest BCUT2D eigenvalue weighted by atomic mass is 9.88. The molecular formula is C26H27N3O. The van der Waals surface area contributed by atoms with Gasteiger partial charge in [0.05, 0.1) is 6.54 Å². The number of rotatable bonds is 5. The minimum absolute atomic E-state index is 0.00312. The predicted molar refractivity (Wildman–Crippen MR) is 124 cm³/mol. The first kappa shape index (κ1) is 18.9. The second-order valence-corrected chi connectivity index (χ2v) is 8.07. The summed E-state index contributed by atoms with van der Waals surface area (Å²) in [6, 6.07) is 23.5. The van der Waals surface area contributed by atoms with Gasteiger partial charge in [0.25, 0.3) is 0 Å². The highest BCUT2D eigenvalue weighted by Crippen LogP contribution is 2.31. The van der Waals surface area contributed by atoms with Gasteiger partial charge in [0.2, 0.25) is 5.91 Å². The Morgan fingerprint density at radius 1 is 1.00 bits per heavy atom. The molecule has 1 unspecified atom stereocenters. The summed E-state index contributed by atoms with van der Waals surface area (Å²) in [6.07, 6.45) is 3.37. The Morgan fingerprint density at radius 3 is 2.70 bits per heavy atom. The number of hydrogen-bond acceptors (Lipinski definition) is 2. The van der Waals surface area contributed by atoms with E-state index in [1.165, 1.54) is 32.9 Å². The lowest BCUT2D eigenvalue weighted by Gasteiger charge is -2.26. The molecule has 3 aromatic carbocycles. The van der Waals surface area contributed by atoms with Gasteiger partial charge in [0.15, 0.2) is 0 Å². The van der Waals surface area contributed by atoms with Crippen molar-refractivity contribution in [1.82, 2.24) is 9.88 Å². The zero-order valence-corrected chi connectivity index (χ0v) is 17.3. The van der Waals surface area contributed by atoms with Gasteiger partial charge in [-0.25, -0.2) is 0 Å². The molecule has 0 fully saturated rings. The van der Waals surface area contributed by atoms with Crippen molar-refractivity contribution in [3.05, 3.63) is 77.9 Å². The highest BCUT2D eigenvalue weighted by molar-refractivity contribution is 6.09. The van der Waals surface area contributed by atoms with Crippen molar-refractivity contribution < 1.29 is 4.79 Å². The van der Waals surface area contributed by atoms with E-state index in [0.29, 0.717) is 6.54 Å². The predicted octanol–water partition coefficient (Wildman–Crippen LogP) is 5.42. The highest BCUT2D eigenvalue weighted by atomic mass is 16.1. The first-order valence-corrected chi connectivity index (χ1v) is 10.9. The van der Waals surface area contributed by atoms with E-state index < -0.39 is 0 Å². The topological polar surface area (TPSA) is 46.1 Å². The molecule has 1 heterocycles. The molecular weight excluding hydrogens is 370 g/mol. The van der Waals surface area contributed by atoms with Crippen LogP contribution < -0.4 is 10.6 Å². The highest BCUT2D eigenvalue weighted by Gasteiger charge is 2.20. The normalized spacial score (nSPS) is 16.0. The average Bonchev–Trinajstić information content (AvgIpc) is 3.10. The molecule has 5 rings (SSSR count). The van der Waals surface area contributed by atoms with E-state index in [1.807, 2.05) is 6.07 Å². The zero-order valence-electron chi connectivity index (χ0n) is 17.3. The van der Waals surface area contributed by atoms with Gasteiger partial charge in [-0.3, -0.25) is 4.79 Å². The molecule has 4 heteroatoms. The average molecular weight is 398 g/mol. The molecule has 0 radical (unpaired) electrons. The van der Waals surface area contributed by atoms with E-state index in [9.17, 15) is 4.79 Å². The third kappa shape index (κ3) is 3.37. The van der Waals surface area contributed by atoms with Crippen molar-refractivity contribution in [2.75, 3.05) is 11.9 Å². The summed E-state index contributed by atoms with van der Waals surface area (Å²) in [5, 5.41) is 8.95. The van der Waals surface area contributed by atoms with Crippen molar-refractivity contribution in [3.8, 4) is 0 Å². The molecule has 0 bridgehead atoms. The van der Waals surface area contributed by atoms with E-state index in [4.69, 9.17) is 0 Å². The van der Waals surface area contributed by atoms with Crippen LogP contribution in [0.15, 0.2) is 66.7 Å². The van der Waals surface area contributed by atoms with Crippen LogP contribution in [0.3, 0.4) is 0 Å². The molecule has 4 nitrogen and oxygen atoms in total. The van der Waals surface area contributed by atoms with Gasteiger partial charge in [0.1, 0.15) is 0 Å². The number of carbonyl (C=O) groups is 1. The molecule has 0 spiro atoms. The second kappa shape index (κ2) is 7.96. The molecule has 1 amide bonds. The molecule has 4 aromatic rings. The van der Waals surface area contributed by atoms with Crippen molar-refractivity contribution in [3.63, 3.8) is 0 Å². The monoisotopic (exact) mass is 397 g/mol. The summed E-state index contributed by atoms with van der Waals surface area (Å²) in [5.74, 6) is -0.00312. The number of aryl methyl sites for hydroxylation is 2. The minimum Gasteiger partial charge on any atom is -0.341 e. The molecule has 0 aliphatic heterocycles. The van der Waals surface area contributed by atoms with Gasteiger partial charge in [-0.15, -0.1) is 0 Å². The largest absolute Gasteiger partial charge is 0.341 e. The van der Waals surface area contributed by atoms with Crippen molar-refractivity contribution >= 4 is 33.4 Å². The number of hydrogen-bond donors (Lipinski definition) is 2. The van der Waals surface area contributed by atoms with Crippen LogP contribution in [-0.2, 0) is 17.8 Å².